The molecule has 8 N–H and O–H groups in total. The molecule has 0 atom stereocenters. The van der Waals surface area contributed by atoms with Gasteiger partial charge in [-0.15, -0.1) is 0 Å². The third-order valence-electron chi connectivity index (χ3n) is 0.200. The molecule has 160 valence electrons. The quantitative estimate of drug-likeness (QED) is 0.0835. The summed E-state index contributed by atoms with van der Waals surface area (Å²) >= 11 is -10.4. The second-order valence-electron chi connectivity index (χ2n) is 1.90. The van der Waals surface area contributed by atoms with E-state index in [1.807, 2.05) is 0 Å². The molecule has 0 radical (unpaired) electrons. The van der Waals surface area contributed by atoms with Crippen LogP contribution < -0.4 is 138 Å². The summed E-state index contributed by atoms with van der Waals surface area (Å²) in [6.45, 7) is 0. The van der Waals surface area contributed by atoms with Crippen LogP contribution in [0.25, 0.3) is 0 Å². The minimum absolute atomic E-state index is 0. The zero-order valence-corrected chi connectivity index (χ0v) is 27.7. The van der Waals surface area contributed by atoms with Crippen molar-refractivity contribution >= 4 is 61.1 Å². The zero-order chi connectivity index (χ0) is 22.0. The van der Waals surface area contributed by atoms with Gasteiger partial charge in [0, 0.05) is 0 Å². The average Bonchev–Trinajstić information content (AvgIpc) is 2.04. The number of phosphoric acid groups is 2. The average molecular weight is 594 g/mol. The van der Waals surface area contributed by atoms with Crippen molar-refractivity contribution in [1.82, 2.24) is 0 Å². The molecule has 0 aromatic rings. The maximum atomic E-state index is 9.32. The van der Waals surface area contributed by atoms with E-state index < -0.39 is 61.1 Å². The Labute approximate surface area is 261 Å². The van der Waals surface area contributed by atoms with E-state index in [1.165, 1.54) is 0 Å². The van der Waals surface area contributed by atoms with Crippen LogP contribution in [0.15, 0.2) is 0 Å². The van der Waals surface area contributed by atoms with E-state index in [0.717, 1.165) is 0 Å². The Kier molecular flexibility index (Phi) is 75.4. The molecular formula is H8Na4O19P2S4. The Morgan fingerprint density at radius 1 is 0.483 bits per heavy atom. The Balaban J connectivity index is -0.0000000251. The first-order valence-corrected chi connectivity index (χ1v) is 10.8. The van der Waals surface area contributed by atoms with Crippen molar-refractivity contribution in [1.29, 1.82) is 0 Å². The fraction of sp³-hybridized carbons (Fsp3) is 0. The third-order valence-corrected chi connectivity index (χ3v) is 1.80. The van der Waals surface area contributed by atoms with Crippen LogP contribution in [0.2, 0.25) is 0 Å². The van der Waals surface area contributed by atoms with Gasteiger partial charge in [-0.2, -0.15) is 16.8 Å². The first-order chi connectivity index (χ1) is 10.6. The molecule has 0 rings (SSSR count). The molecule has 0 aliphatic carbocycles. The van der Waals surface area contributed by atoms with E-state index in [9.17, 15) is 28.7 Å². The number of rotatable bonds is 2. The van der Waals surface area contributed by atoms with Crippen LogP contribution in [0.3, 0.4) is 0 Å². The molecule has 29 heavy (non-hydrogen) atoms. The number of hydrogen-bond donors (Lipinski definition) is 8. The molecule has 0 saturated heterocycles. The topological polar surface area (TPSA) is 366 Å². The molecule has 0 aliphatic rings. The second kappa shape index (κ2) is 37.1. The molecule has 0 spiro atoms. The van der Waals surface area contributed by atoms with E-state index >= 15 is 0 Å². The van der Waals surface area contributed by atoms with Gasteiger partial charge in [-0.1, -0.05) is 0 Å². The largest absolute Gasteiger partial charge is 1.00 e. The molecule has 0 unspecified atom stereocenters. The molecule has 19 nitrogen and oxygen atoms in total. The monoisotopic (exact) mass is 594 g/mol. The molecule has 0 aromatic heterocycles. The summed E-state index contributed by atoms with van der Waals surface area (Å²) < 4.78 is 112. The van der Waals surface area contributed by atoms with E-state index in [1.54, 1.807) is 0 Å². The van der Waals surface area contributed by atoms with Crippen LogP contribution in [0, 0.1) is 0 Å². The second-order valence-corrected chi connectivity index (χ2v) is 6.19. The summed E-state index contributed by atoms with van der Waals surface area (Å²) in [5, 5.41) is 0. The van der Waals surface area contributed by atoms with Crippen molar-refractivity contribution in [2.24, 2.45) is 0 Å². The van der Waals surface area contributed by atoms with Crippen LogP contribution in [-0.2, 0) is 58.9 Å². The molecule has 0 bridgehead atoms. The van der Waals surface area contributed by atoms with Gasteiger partial charge in [0.25, 0.3) is 45.4 Å². The summed E-state index contributed by atoms with van der Waals surface area (Å²) in [7, 11) is -11.4. The van der Waals surface area contributed by atoms with E-state index in [2.05, 4.69) is 4.31 Å². The minimum atomic E-state index is -5.68. The third kappa shape index (κ3) is 273. The Morgan fingerprint density at radius 3 is 0.552 bits per heavy atom. The molecule has 0 aliphatic heterocycles. The van der Waals surface area contributed by atoms with E-state index in [4.69, 9.17) is 53.3 Å². The summed E-state index contributed by atoms with van der Waals surface area (Å²) in [4.78, 5) is 37.3. The van der Waals surface area contributed by atoms with Crippen molar-refractivity contribution in [2.45, 2.75) is 0 Å². The predicted molar refractivity (Wildman–Crippen MR) is 69.9 cm³/mol. The summed E-state index contributed by atoms with van der Waals surface area (Å²) in [6, 6.07) is 0. The van der Waals surface area contributed by atoms with Gasteiger partial charge in [0.15, 0.2) is 0 Å². The minimum Gasteiger partial charge on any atom is -0.790 e. The van der Waals surface area contributed by atoms with Gasteiger partial charge < -0.3 is 33.0 Å². The van der Waals surface area contributed by atoms with E-state index in [0.29, 0.717) is 0 Å². The van der Waals surface area contributed by atoms with Gasteiger partial charge in [0.1, 0.15) is 0 Å². The molecule has 29 heteroatoms. The molecule has 0 aromatic carbocycles. The fourth-order valence-electron chi connectivity index (χ4n) is 0.122. The maximum absolute atomic E-state index is 9.32. The summed E-state index contributed by atoms with van der Waals surface area (Å²) in [5.74, 6) is 0. The van der Waals surface area contributed by atoms with Gasteiger partial charge in [0.2, 0.25) is 0 Å². The van der Waals surface area contributed by atoms with Crippen molar-refractivity contribution in [2.75, 3.05) is 0 Å². The SMILES string of the molecule is O=P([O-])([O-])OP(=O)([O-])[O-].O=S(O)O.O=S(O)O.O=S(O)O.O=S(O)O.[Na+].[Na+].[Na+].[Na+]. The maximum Gasteiger partial charge on any atom is 1.00 e. The van der Waals surface area contributed by atoms with Gasteiger partial charge >= 0.3 is 118 Å². The van der Waals surface area contributed by atoms with Crippen LogP contribution in [0.5, 0.6) is 0 Å². The molecule has 0 heterocycles. The van der Waals surface area contributed by atoms with Crippen LogP contribution in [0.1, 0.15) is 0 Å². The smallest absolute Gasteiger partial charge is 0.790 e. The van der Waals surface area contributed by atoms with Crippen molar-refractivity contribution < 1.29 is 205 Å². The summed E-state index contributed by atoms with van der Waals surface area (Å²) in [5.41, 5.74) is 0. The molecule has 0 amide bonds. The van der Waals surface area contributed by atoms with Gasteiger partial charge in [-0.25, -0.2) is 0 Å². The van der Waals surface area contributed by atoms with Crippen LogP contribution in [0.4, 0.5) is 0 Å². The standard InChI is InChI=1S/4Na.H4O7P2.4H2O3S/c;;;;1-8(2,3)7-9(4,5)6;4*1-4(2)3/h;;;;(H2,1,2,3)(H2,4,5,6);4*(H2,1,2,3)/q4*+1;;;;;/p-4. The van der Waals surface area contributed by atoms with Crippen molar-refractivity contribution in [3.8, 4) is 0 Å². The first-order valence-electron chi connectivity index (χ1n) is 3.59. The Bertz CT molecular complexity index is 412. The van der Waals surface area contributed by atoms with Gasteiger partial charge in [-0.05, 0) is 0 Å². The molecule has 0 saturated carbocycles. The molecule has 0 fully saturated rings. The van der Waals surface area contributed by atoms with Gasteiger partial charge in [0.05, 0.1) is 15.6 Å². The van der Waals surface area contributed by atoms with Crippen molar-refractivity contribution in [3.05, 3.63) is 0 Å². The van der Waals surface area contributed by atoms with E-state index in [-0.39, 0.29) is 118 Å². The van der Waals surface area contributed by atoms with Gasteiger partial charge in [-0.3, -0.25) is 36.4 Å². The summed E-state index contributed by atoms with van der Waals surface area (Å²) in [6.07, 6.45) is 0. The Hall–Kier alpha value is 4.54. The Morgan fingerprint density at radius 2 is 0.552 bits per heavy atom. The number of hydrogen-bond acceptors (Lipinski definition) is 11. The molecular weight excluding hydrogens is 586 g/mol. The first kappa shape index (κ1) is 59.0. The van der Waals surface area contributed by atoms with Crippen molar-refractivity contribution in [3.63, 3.8) is 0 Å². The van der Waals surface area contributed by atoms with Crippen LogP contribution >= 0.6 is 15.6 Å². The van der Waals surface area contributed by atoms with Crippen LogP contribution in [-0.4, -0.2) is 53.3 Å². The normalized spacial score (nSPS) is 9.10. The predicted octanol–water partition coefficient (Wildman–Crippen LogP) is -16.6. The zero-order valence-electron chi connectivity index (χ0n) is 14.6. The fourth-order valence-corrected chi connectivity index (χ4v) is 1.10.